The van der Waals surface area contributed by atoms with Gasteiger partial charge in [-0.05, 0) is 61.2 Å². The normalized spacial score (nSPS) is 14.7. The molecule has 4 rings (SSSR count). The molecule has 2 N–H and O–H groups in total. The van der Waals surface area contributed by atoms with Crippen LogP contribution in [0.1, 0.15) is 19.8 Å². The van der Waals surface area contributed by atoms with Gasteiger partial charge in [0.05, 0.1) is 10.7 Å². The Labute approximate surface area is 170 Å². The number of nitrogens with zero attached hydrogens (tertiary/aromatic N) is 3. The molecule has 28 heavy (non-hydrogen) atoms. The molecular formula is C22H24ClN5. The van der Waals surface area contributed by atoms with E-state index in [9.17, 15) is 0 Å². The first-order valence-corrected chi connectivity index (χ1v) is 10.0. The number of anilines is 5. The van der Waals surface area contributed by atoms with Crippen LogP contribution in [0.4, 0.5) is 28.8 Å². The van der Waals surface area contributed by atoms with Crippen molar-refractivity contribution in [2.24, 2.45) is 5.92 Å². The Balaban J connectivity index is 1.42. The summed E-state index contributed by atoms with van der Waals surface area (Å²) >= 11 is 6.19. The van der Waals surface area contributed by atoms with Crippen LogP contribution in [0, 0.1) is 5.92 Å². The number of para-hydroxylation sites is 1. The summed E-state index contributed by atoms with van der Waals surface area (Å²) in [5.74, 6) is 2.06. The molecule has 144 valence electrons. The second kappa shape index (κ2) is 8.48. The van der Waals surface area contributed by atoms with Gasteiger partial charge in [-0.2, -0.15) is 4.98 Å². The second-order valence-corrected chi connectivity index (χ2v) is 7.62. The van der Waals surface area contributed by atoms with E-state index in [1.165, 1.54) is 18.5 Å². The van der Waals surface area contributed by atoms with Crippen molar-refractivity contribution in [3.05, 3.63) is 65.8 Å². The molecule has 0 aliphatic carbocycles. The highest BCUT2D eigenvalue weighted by atomic mass is 35.5. The van der Waals surface area contributed by atoms with Crippen LogP contribution >= 0.6 is 11.6 Å². The fourth-order valence-corrected chi connectivity index (χ4v) is 3.52. The van der Waals surface area contributed by atoms with Gasteiger partial charge in [0.1, 0.15) is 5.82 Å². The van der Waals surface area contributed by atoms with Gasteiger partial charge in [-0.3, -0.25) is 0 Å². The predicted octanol–water partition coefficient (Wildman–Crippen LogP) is 5.85. The predicted molar refractivity (Wildman–Crippen MR) is 117 cm³/mol. The van der Waals surface area contributed by atoms with E-state index in [4.69, 9.17) is 11.6 Å². The molecule has 0 bridgehead atoms. The quantitative estimate of drug-likeness (QED) is 0.569. The molecule has 2 aromatic carbocycles. The molecule has 5 nitrogen and oxygen atoms in total. The minimum atomic E-state index is 0.497. The third kappa shape index (κ3) is 4.54. The summed E-state index contributed by atoms with van der Waals surface area (Å²) in [6.45, 7) is 4.61. The summed E-state index contributed by atoms with van der Waals surface area (Å²) in [5, 5.41) is 7.12. The highest BCUT2D eigenvalue weighted by molar-refractivity contribution is 6.33. The number of hydrogen-bond donors (Lipinski definition) is 2. The summed E-state index contributed by atoms with van der Waals surface area (Å²) in [6.07, 6.45) is 4.25. The lowest BCUT2D eigenvalue weighted by molar-refractivity contribution is 0.438. The Kier molecular flexibility index (Phi) is 5.63. The number of halogens is 1. The Hall–Kier alpha value is -2.79. The van der Waals surface area contributed by atoms with E-state index in [2.05, 4.69) is 56.7 Å². The van der Waals surface area contributed by atoms with Crippen LogP contribution < -0.4 is 15.5 Å². The van der Waals surface area contributed by atoms with Crippen molar-refractivity contribution >= 4 is 40.4 Å². The van der Waals surface area contributed by atoms with Crippen molar-refractivity contribution < 1.29 is 0 Å². The van der Waals surface area contributed by atoms with Gasteiger partial charge in [-0.15, -0.1) is 0 Å². The van der Waals surface area contributed by atoms with Gasteiger partial charge >= 0.3 is 0 Å². The van der Waals surface area contributed by atoms with Crippen LogP contribution in [0.5, 0.6) is 0 Å². The molecule has 3 aromatic rings. The average Bonchev–Trinajstić information content (AvgIpc) is 2.71. The summed E-state index contributed by atoms with van der Waals surface area (Å²) in [5.41, 5.74) is 3.05. The summed E-state index contributed by atoms with van der Waals surface area (Å²) in [6, 6.07) is 17.9. The number of hydrogen-bond acceptors (Lipinski definition) is 5. The fourth-order valence-electron chi connectivity index (χ4n) is 3.34. The molecule has 0 amide bonds. The van der Waals surface area contributed by atoms with Gasteiger partial charge in [0, 0.05) is 30.7 Å². The Bertz CT molecular complexity index is 920. The summed E-state index contributed by atoms with van der Waals surface area (Å²) in [7, 11) is 0. The SMILES string of the molecule is CC1CCN(c2ccc(Nc3ccnc(Nc4ccccc4Cl)n3)cc2)CC1. The summed E-state index contributed by atoms with van der Waals surface area (Å²) in [4.78, 5) is 11.3. The standard InChI is InChI=1S/C22H24ClN5/c1-16-11-14-28(15-12-16)18-8-6-17(7-9-18)25-21-10-13-24-22(27-21)26-20-5-3-2-4-19(20)23/h2-10,13,16H,11-12,14-15H2,1H3,(H2,24,25,26,27). The highest BCUT2D eigenvalue weighted by Crippen LogP contribution is 2.26. The Morgan fingerprint density at radius 2 is 1.71 bits per heavy atom. The first-order chi connectivity index (χ1) is 13.7. The van der Waals surface area contributed by atoms with Gasteiger partial charge in [-0.1, -0.05) is 30.7 Å². The molecule has 1 aliphatic heterocycles. The molecule has 1 aromatic heterocycles. The van der Waals surface area contributed by atoms with Gasteiger partial charge in [0.25, 0.3) is 0 Å². The lowest BCUT2D eigenvalue weighted by Crippen LogP contribution is -2.32. The van der Waals surface area contributed by atoms with Crippen LogP contribution in [0.15, 0.2) is 60.8 Å². The minimum absolute atomic E-state index is 0.497. The zero-order valence-electron chi connectivity index (χ0n) is 15.9. The lowest BCUT2D eigenvalue weighted by atomic mass is 9.99. The van der Waals surface area contributed by atoms with Crippen molar-refractivity contribution in [3.63, 3.8) is 0 Å². The second-order valence-electron chi connectivity index (χ2n) is 7.21. The van der Waals surface area contributed by atoms with Crippen LogP contribution in [0.3, 0.4) is 0 Å². The fraction of sp³-hybridized carbons (Fsp3) is 0.273. The molecule has 1 fully saturated rings. The van der Waals surface area contributed by atoms with E-state index in [0.717, 1.165) is 36.2 Å². The number of piperidine rings is 1. The van der Waals surface area contributed by atoms with Crippen LogP contribution in [0.25, 0.3) is 0 Å². The first kappa shape index (κ1) is 18.6. The molecule has 0 saturated carbocycles. The monoisotopic (exact) mass is 393 g/mol. The molecule has 6 heteroatoms. The average molecular weight is 394 g/mol. The maximum Gasteiger partial charge on any atom is 0.229 e. The zero-order valence-corrected chi connectivity index (χ0v) is 16.7. The largest absolute Gasteiger partial charge is 0.372 e. The van der Waals surface area contributed by atoms with Gasteiger partial charge < -0.3 is 15.5 Å². The molecule has 0 spiro atoms. The van der Waals surface area contributed by atoms with E-state index in [0.29, 0.717) is 11.0 Å². The van der Waals surface area contributed by atoms with Gasteiger partial charge in [0.15, 0.2) is 0 Å². The number of benzene rings is 2. The van der Waals surface area contributed by atoms with E-state index in [-0.39, 0.29) is 0 Å². The van der Waals surface area contributed by atoms with Crippen LogP contribution in [-0.2, 0) is 0 Å². The molecule has 1 aliphatic rings. The number of aromatic nitrogens is 2. The van der Waals surface area contributed by atoms with Crippen molar-refractivity contribution in [3.8, 4) is 0 Å². The smallest absolute Gasteiger partial charge is 0.229 e. The Morgan fingerprint density at radius 1 is 0.964 bits per heavy atom. The molecular weight excluding hydrogens is 370 g/mol. The number of rotatable bonds is 5. The van der Waals surface area contributed by atoms with Gasteiger partial charge in [0.2, 0.25) is 5.95 Å². The molecule has 1 saturated heterocycles. The minimum Gasteiger partial charge on any atom is -0.372 e. The first-order valence-electron chi connectivity index (χ1n) is 9.64. The van der Waals surface area contributed by atoms with E-state index < -0.39 is 0 Å². The molecule has 0 radical (unpaired) electrons. The third-order valence-corrected chi connectivity index (χ3v) is 5.39. The van der Waals surface area contributed by atoms with E-state index in [1.54, 1.807) is 6.20 Å². The number of nitrogens with one attached hydrogen (secondary N) is 2. The lowest BCUT2D eigenvalue weighted by Gasteiger charge is -2.32. The molecule has 2 heterocycles. The van der Waals surface area contributed by atoms with E-state index in [1.807, 2.05) is 30.3 Å². The van der Waals surface area contributed by atoms with Crippen molar-refractivity contribution in [1.82, 2.24) is 9.97 Å². The maximum absolute atomic E-state index is 6.19. The Morgan fingerprint density at radius 3 is 2.46 bits per heavy atom. The van der Waals surface area contributed by atoms with Crippen LogP contribution in [-0.4, -0.2) is 23.1 Å². The third-order valence-electron chi connectivity index (χ3n) is 5.06. The molecule has 0 atom stereocenters. The van der Waals surface area contributed by atoms with Gasteiger partial charge in [-0.25, -0.2) is 4.98 Å². The summed E-state index contributed by atoms with van der Waals surface area (Å²) < 4.78 is 0. The topological polar surface area (TPSA) is 53.1 Å². The van der Waals surface area contributed by atoms with Crippen molar-refractivity contribution in [1.29, 1.82) is 0 Å². The zero-order chi connectivity index (χ0) is 19.3. The van der Waals surface area contributed by atoms with Crippen molar-refractivity contribution in [2.75, 3.05) is 28.6 Å². The van der Waals surface area contributed by atoms with E-state index >= 15 is 0 Å². The molecule has 0 unspecified atom stereocenters. The van der Waals surface area contributed by atoms with Crippen LogP contribution in [0.2, 0.25) is 5.02 Å². The van der Waals surface area contributed by atoms with Crippen molar-refractivity contribution in [2.45, 2.75) is 19.8 Å². The maximum atomic E-state index is 6.19. The highest BCUT2D eigenvalue weighted by Gasteiger charge is 2.15.